The maximum absolute atomic E-state index is 11.4. The molecule has 19 heavy (non-hydrogen) atoms. The lowest BCUT2D eigenvalue weighted by molar-refractivity contribution is 0.0690. The smallest absolute Gasteiger partial charge is 0.358 e. The van der Waals surface area contributed by atoms with Crippen molar-refractivity contribution in [2.24, 2.45) is 0 Å². The molecule has 2 amide bonds. The van der Waals surface area contributed by atoms with Crippen molar-refractivity contribution in [3.05, 3.63) is 11.9 Å². The topological polar surface area (TPSA) is 118 Å². The number of nitrogens with zero attached hydrogens (tertiary/aromatic N) is 3. The number of ether oxygens (including phenoxy) is 1. The normalized spacial score (nSPS) is 11.9. The van der Waals surface area contributed by atoms with Crippen molar-refractivity contribution in [3.63, 3.8) is 0 Å². The van der Waals surface area contributed by atoms with Gasteiger partial charge in [0.2, 0.25) is 0 Å². The van der Waals surface area contributed by atoms with E-state index in [0.29, 0.717) is 19.7 Å². The molecule has 0 bridgehead atoms. The fourth-order valence-corrected chi connectivity index (χ4v) is 1.36. The van der Waals surface area contributed by atoms with Crippen LogP contribution in [-0.2, 0) is 11.3 Å². The third-order valence-electron chi connectivity index (χ3n) is 2.18. The Balaban J connectivity index is 2.25. The maximum atomic E-state index is 11.4. The van der Waals surface area contributed by atoms with E-state index in [9.17, 15) is 9.59 Å². The van der Waals surface area contributed by atoms with E-state index >= 15 is 0 Å². The third kappa shape index (κ3) is 5.34. The van der Waals surface area contributed by atoms with E-state index in [2.05, 4.69) is 20.9 Å². The van der Waals surface area contributed by atoms with E-state index in [-0.39, 0.29) is 17.8 Å². The van der Waals surface area contributed by atoms with Crippen molar-refractivity contribution in [2.45, 2.75) is 19.5 Å². The molecule has 0 fully saturated rings. The minimum absolute atomic E-state index is 0.0880. The van der Waals surface area contributed by atoms with Gasteiger partial charge in [-0.3, -0.25) is 0 Å². The summed E-state index contributed by atoms with van der Waals surface area (Å²) >= 11 is 0. The summed E-state index contributed by atoms with van der Waals surface area (Å²) in [5, 5.41) is 21.0. The van der Waals surface area contributed by atoms with Crippen LogP contribution in [0.25, 0.3) is 0 Å². The van der Waals surface area contributed by atoms with Gasteiger partial charge in [-0.15, -0.1) is 5.10 Å². The van der Waals surface area contributed by atoms with Crippen LogP contribution in [-0.4, -0.2) is 58.4 Å². The number of hydrogen-bond acceptors (Lipinski definition) is 5. The zero-order valence-electron chi connectivity index (χ0n) is 10.8. The standard InChI is InChI=1S/C10H17N5O4/c1-7(6-19-2)12-10(18)11-3-4-15-5-8(9(16)17)13-14-15/h5,7H,3-4,6H2,1-2H3,(H,16,17)(H2,11,12,18). The molecule has 1 aromatic heterocycles. The summed E-state index contributed by atoms with van der Waals surface area (Å²) in [7, 11) is 1.56. The Bertz CT molecular complexity index is 433. The lowest BCUT2D eigenvalue weighted by Crippen LogP contribution is -2.43. The van der Waals surface area contributed by atoms with Gasteiger partial charge in [0, 0.05) is 13.7 Å². The van der Waals surface area contributed by atoms with Gasteiger partial charge in [-0.05, 0) is 6.92 Å². The van der Waals surface area contributed by atoms with Crippen molar-refractivity contribution in [3.8, 4) is 0 Å². The highest BCUT2D eigenvalue weighted by atomic mass is 16.5. The van der Waals surface area contributed by atoms with E-state index in [4.69, 9.17) is 9.84 Å². The molecule has 0 radical (unpaired) electrons. The van der Waals surface area contributed by atoms with Gasteiger partial charge in [0.15, 0.2) is 5.69 Å². The van der Waals surface area contributed by atoms with Gasteiger partial charge >= 0.3 is 12.0 Å². The van der Waals surface area contributed by atoms with E-state index < -0.39 is 5.97 Å². The second kappa shape index (κ2) is 7.31. The van der Waals surface area contributed by atoms with Gasteiger partial charge in [-0.25, -0.2) is 14.3 Å². The molecule has 1 unspecified atom stereocenters. The molecule has 1 heterocycles. The largest absolute Gasteiger partial charge is 0.476 e. The fourth-order valence-electron chi connectivity index (χ4n) is 1.36. The molecule has 0 aliphatic rings. The van der Waals surface area contributed by atoms with E-state index in [1.165, 1.54) is 10.9 Å². The highest BCUT2D eigenvalue weighted by Crippen LogP contribution is 1.91. The highest BCUT2D eigenvalue weighted by molar-refractivity contribution is 5.84. The van der Waals surface area contributed by atoms with E-state index in [1.54, 1.807) is 7.11 Å². The first kappa shape index (κ1) is 14.9. The average molecular weight is 271 g/mol. The van der Waals surface area contributed by atoms with Gasteiger partial charge in [0.05, 0.1) is 25.4 Å². The highest BCUT2D eigenvalue weighted by Gasteiger charge is 2.09. The minimum atomic E-state index is -1.13. The van der Waals surface area contributed by atoms with Crippen LogP contribution in [0.1, 0.15) is 17.4 Å². The summed E-state index contributed by atoms with van der Waals surface area (Å²) in [6, 6.07) is -0.405. The number of carboxylic acids is 1. The molecule has 9 nitrogen and oxygen atoms in total. The Hall–Kier alpha value is -2.16. The molecule has 1 atom stereocenters. The number of carboxylic acid groups (broad SMARTS) is 1. The molecule has 1 aromatic rings. The maximum Gasteiger partial charge on any atom is 0.358 e. The van der Waals surface area contributed by atoms with E-state index in [1.807, 2.05) is 6.92 Å². The SMILES string of the molecule is COCC(C)NC(=O)NCCn1cc(C(=O)O)nn1. The van der Waals surface area contributed by atoms with Crippen LogP contribution >= 0.6 is 0 Å². The number of amides is 2. The number of urea groups is 1. The lowest BCUT2D eigenvalue weighted by atomic mass is 10.4. The summed E-state index contributed by atoms with van der Waals surface area (Å²) < 4.78 is 6.23. The van der Waals surface area contributed by atoms with Gasteiger partial charge < -0.3 is 20.5 Å². The monoisotopic (exact) mass is 271 g/mol. The quantitative estimate of drug-likeness (QED) is 0.604. The van der Waals surface area contributed by atoms with Crippen molar-refractivity contribution in [2.75, 3.05) is 20.3 Å². The first-order valence-corrected chi connectivity index (χ1v) is 5.69. The first-order valence-electron chi connectivity index (χ1n) is 5.69. The van der Waals surface area contributed by atoms with Gasteiger partial charge in [-0.2, -0.15) is 0 Å². The lowest BCUT2D eigenvalue weighted by Gasteiger charge is -2.13. The van der Waals surface area contributed by atoms with Crippen LogP contribution in [0.2, 0.25) is 0 Å². The number of carbonyl (C=O) groups is 2. The third-order valence-corrected chi connectivity index (χ3v) is 2.18. The number of aromatic carboxylic acids is 1. The molecular weight excluding hydrogens is 254 g/mol. The molecule has 0 aliphatic carbocycles. The molecule has 0 aliphatic heterocycles. The summed E-state index contributed by atoms with van der Waals surface area (Å²) in [5.41, 5.74) is -0.127. The van der Waals surface area contributed by atoms with Gasteiger partial charge in [0.1, 0.15) is 0 Å². The molecule has 106 valence electrons. The fraction of sp³-hybridized carbons (Fsp3) is 0.600. The molecule has 9 heteroatoms. The summed E-state index contributed by atoms with van der Waals surface area (Å²) in [5.74, 6) is -1.13. The van der Waals surface area contributed by atoms with Crippen LogP contribution in [0.5, 0.6) is 0 Å². The Kier molecular flexibility index (Phi) is 5.73. The molecule has 3 N–H and O–H groups in total. The van der Waals surface area contributed by atoms with Crippen LogP contribution in [0.4, 0.5) is 4.79 Å². The average Bonchev–Trinajstić information content (AvgIpc) is 2.78. The zero-order chi connectivity index (χ0) is 14.3. The van der Waals surface area contributed by atoms with Crippen molar-refractivity contribution in [1.29, 1.82) is 0 Å². The number of aromatic nitrogens is 3. The summed E-state index contributed by atoms with van der Waals surface area (Å²) in [4.78, 5) is 22.0. The Morgan fingerprint density at radius 1 is 1.58 bits per heavy atom. The van der Waals surface area contributed by atoms with Crippen molar-refractivity contribution < 1.29 is 19.4 Å². The van der Waals surface area contributed by atoms with Crippen LogP contribution in [0.3, 0.4) is 0 Å². The molecule has 0 aromatic carbocycles. The predicted molar refractivity (Wildman–Crippen MR) is 64.9 cm³/mol. The number of methoxy groups -OCH3 is 1. The van der Waals surface area contributed by atoms with Crippen LogP contribution in [0, 0.1) is 0 Å². The van der Waals surface area contributed by atoms with Gasteiger partial charge in [-0.1, -0.05) is 5.21 Å². The van der Waals surface area contributed by atoms with Crippen molar-refractivity contribution in [1.82, 2.24) is 25.6 Å². The number of rotatable bonds is 7. The summed E-state index contributed by atoms with van der Waals surface area (Å²) in [6.07, 6.45) is 1.30. The molecule has 0 saturated carbocycles. The second-order valence-corrected chi connectivity index (χ2v) is 3.93. The van der Waals surface area contributed by atoms with Gasteiger partial charge in [0.25, 0.3) is 0 Å². The predicted octanol–water partition coefficient (Wildman–Crippen LogP) is -0.690. The Labute approximate surface area is 109 Å². The molecule has 1 rings (SSSR count). The minimum Gasteiger partial charge on any atom is -0.476 e. The summed E-state index contributed by atoms with van der Waals surface area (Å²) in [6.45, 7) is 2.90. The van der Waals surface area contributed by atoms with Crippen LogP contribution in [0.15, 0.2) is 6.20 Å². The molecular formula is C10H17N5O4. The number of carbonyl (C=O) groups excluding carboxylic acids is 1. The zero-order valence-corrected chi connectivity index (χ0v) is 10.8. The van der Waals surface area contributed by atoms with Crippen LogP contribution < -0.4 is 10.6 Å². The van der Waals surface area contributed by atoms with Crippen molar-refractivity contribution >= 4 is 12.0 Å². The molecule has 0 saturated heterocycles. The van der Waals surface area contributed by atoms with E-state index in [0.717, 1.165) is 0 Å². The first-order chi connectivity index (χ1) is 9.02. The number of hydrogen-bond donors (Lipinski definition) is 3. The second-order valence-electron chi connectivity index (χ2n) is 3.93. The number of nitrogens with one attached hydrogen (secondary N) is 2. The Morgan fingerprint density at radius 2 is 2.32 bits per heavy atom. The Morgan fingerprint density at radius 3 is 2.89 bits per heavy atom. The molecule has 0 spiro atoms.